The SMILES string of the molecule is CC(C)(C)[S@](=O)N=Cc1ccc(Cl)c(Br)c1. The Morgan fingerprint density at radius 2 is 2.06 bits per heavy atom. The van der Waals surface area contributed by atoms with Crippen LogP contribution in [0.1, 0.15) is 26.3 Å². The minimum atomic E-state index is -1.23. The van der Waals surface area contributed by atoms with Gasteiger partial charge in [-0.05, 0) is 54.4 Å². The van der Waals surface area contributed by atoms with Crippen molar-refractivity contribution in [3.05, 3.63) is 33.3 Å². The molecule has 0 aromatic heterocycles. The number of nitrogens with zero attached hydrogens (tertiary/aromatic N) is 1. The van der Waals surface area contributed by atoms with Crippen LogP contribution in [0, 0.1) is 0 Å². The fourth-order valence-corrected chi connectivity index (χ4v) is 1.91. The van der Waals surface area contributed by atoms with Crippen molar-refractivity contribution >= 4 is 44.7 Å². The third-order valence-electron chi connectivity index (χ3n) is 1.77. The molecule has 0 N–H and O–H groups in total. The minimum absolute atomic E-state index is 0.333. The van der Waals surface area contributed by atoms with E-state index in [0.29, 0.717) is 5.02 Å². The lowest BCUT2D eigenvalue weighted by Gasteiger charge is -2.12. The molecule has 0 heterocycles. The van der Waals surface area contributed by atoms with E-state index >= 15 is 0 Å². The highest BCUT2D eigenvalue weighted by molar-refractivity contribution is 9.10. The van der Waals surface area contributed by atoms with Gasteiger partial charge in [0.05, 0.1) is 9.77 Å². The largest absolute Gasteiger partial charge is 0.234 e. The molecule has 1 aromatic rings. The Balaban J connectivity index is 2.85. The van der Waals surface area contributed by atoms with Crippen LogP contribution in [0.5, 0.6) is 0 Å². The standard InChI is InChI=1S/C11H13BrClNOS/c1-11(2,3)16(15)14-7-8-4-5-10(13)9(12)6-8/h4-7H,1-3H3/t16-/m0/s1. The van der Waals surface area contributed by atoms with Crippen molar-refractivity contribution in [2.24, 2.45) is 4.40 Å². The zero-order valence-electron chi connectivity index (χ0n) is 9.33. The summed E-state index contributed by atoms with van der Waals surface area (Å²) in [5.41, 5.74) is 0.869. The van der Waals surface area contributed by atoms with Crippen LogP contribution in [0.3, 0.4) is 0 Å². The van der Waals surface area contributed by atoms with Gasteiger partial charge in [-0.2, -0.15) is 4.40 Å². The van der Waals surface area contributed by atoms with Gasteiger partial charge < -0.3 is 0 Å². The first-order valence-corrected chi connectivity index (χ1v) is 6.99. The first-order chi connectivity index (χ1) is 7.30. The van der Waals surface area contributed by atoms with Crippen LogP contribution < -0.4 is 0 Å². The molecule has 0 aliphatic carbocycles. The molecule has 0 radical (unpaired) electrons. The molecule has 0 fully saturated rings. The fraction of sp³-hybridized carbons (Fsp3) is 0.364. The van der Waals surface area contributed by atoms with Crippen molar-refractivity contribution in [3.8, 4) is 0 Å². The van der Waals surface area contributed by atoms with E-state index in [1.54, 1.807) is 12.3 Å². The second-order valence-corrected chi connectivity index (χ2v) is 7.46. The van der Waals surface area contributed by atoms with Crippen LogP contribution >= 0.6 is 27.5 Å². The highest BCUT2D eigenvalue weighted by Gasteiger charge is 2.18. The summed E-state index contributed by atoms with van der Waals surface area (Å²) in [6, 6.07) is 5.44. The summed E-state index contributed by atoms with van der Waals surface area (Å²) in [7, 11) is -1.23. The Morgan fingerprint density at radius 3 is 2.56 bits per heavy atom. The van der Waals surface area contributed by atoms with Gasteiger partial charge in [0.1, 0.15) is 11.0 Å². The van der Waals surface area contributed by atoms with E-state index in [1.165, 1.54) is 0 Å². The molecule has 0 saturated carbocycles. The average molecular weight is 323 g/mol. The number of benzene rings is 1. The first kappa shape index (κ1) is 13.9. The van der Waals surface area contributed by atoms with Crippen LogP contribution in [0.25, 0.3) is 0 Å². The predicted molar refractivity (Wildman–Crippen MR) is 74.6 cm³/mol. The fourth-order valence-electron chi connectivity index (χ4n) is 0.860. The van der Waals surface area contributed by atoms with Crippen LogP contribution in [-0.4, -0.2) is 15.2 Å². The Hall–Kier alpha value is -0.190. The monoisotopic (exact) mass is 321 g/mol. The van der Waals surface area contributed by atoms with E-state index in [2.05, 4.69) is 20.3 Å². The first-order valence-electron chi connectivity index (χ1n) is 4.72. The summed E-state index contributed by atoms with van der Waals surface area (Å²) >= 11 is 9.19. The molecular weight excluding hydrogens is 310 g/mol. The molecule has 0 saturated heterocycles. The maximum Gasteiger partial charge on any atom is 0.144 e. The summed E-state index contributed by atoms with van der Waals surface area (Å²) in [5.74, 6) is 0. The maximum absolute atomic E-state index is 11.7. The summed E-state index contributed by atoms with van der Waals surface area (Å²) in [6.45, 7) is 5.66. The maximum atomic E-state index is 11.7. The molecule has 16 heavy (non-hydrogen) atoms. The third kappa shape index (κ3) is 4.00. The number of hydrogen-bond donors (Lipinski definition) is 0. The van der Waals surface area contributed by atoms with Gasteiger partial charge in [0.2, 0.25) is 0 Å². The molecule has 0 bridgehead atoms. The van der Waals surface area contributed by atoms with Crippen molar-refractivity contribution in [1.82, 2.24) is 0 Å². The van der Waals surface area contributed by atoms with Gasteiger partial charge in [-0.1, -0.05) is 17.7 Å². The van der Waals surface area contributed by atoms with Gasteiger partial charge >= 0.3 is 0 Å². The average Bonchev–Trinajstić information content (AvgIpc) is 2.18. The second kappa shape index (κ2) is 5.43. The number of hydrogen-bond acceptors (Lipinski definition) is 1. The van der Waals surface area contributed by atoms with Crippen molar-refractivity contribution in [2.45, 2.75) is 25.5 Å². The second-order valence-electron chi connectivity index (χ2n) is 4.27. The topological polar surface area (TPSA) is 29.4 Å². The zero-order chi connectivity index (χ0) is 12.3. The van der Waals surface area contributed by atoms with E-state index in [9.17, 15) is 4.21 Å². The lowest BCUT2D eigenvalue weighted by molar-refractivity contribution is 0.651. The Labute approximate surface area is 112 Å². The molecule has 0 aliphatic rings. The van der Waals surface area contributed by atoms with Gasteiger partial charge in [0, 0.05) is 10.7 Å². The van der Waals surface area contributed by atoms with Crippen LogP contribution in [0.2, 0.25) is 5.02 Å². The molecule has 0 amide bonds. The van der Waals surface area contributed by atoms with Crippen molar-refractivity contribution < 1.29 is 4.21 Å². The summed E-state index contributed by atoms with van der Waals surface area (Å²) in [5, 5.41) is 0.647. The Bertz CT molecular complexity index is 440. The molecule has 2 nitrogen and oxygen atoms in total. The van der Waals surface area contributed by atoms with E-state index in [4.69, 9.17) is 11.6 Å². The van der Waals surface area contributed by atoms with Crippen molar-refractivity contribution in [1.29, 1.82) is 0 Å². The highest BCUT2D eigenvalue weighted by Crippen LogP contribution is 2.22. The summed E-state index contributed by atoms with van der Waals surface area (Å²) in [4.78, 5) is 0. The van der Waals surface area contributed by atoms with E-state index in [0.717, 1.165) is 10.0 Å². The zero-order valence-corrected chi connectivity index (χ0v) is 12.5. The van der Waals surface area contributed by atoms with Crippen LogP contribution in [0.4, 0.5) is 0 Å². The number of rotatable bonds is 2. The molecule has 88 valence electrons. The van der Waals surface area contributed by atoms with E-state index in [-0.39, 0.29) is 4.75 Å². The lowest BCUT2D eigenvalue weighted by Crippen LogP contribution is -2.19. The Morgan fingerprint density at radius 1 is 1.44 bits per heavy atom. The molecule has 1 aromatic carbocycles. The quantitative estimate of drug-likeness (QED) is 0.757. The lowest BCUT2D eigenvalue weighted by atomic mass is 10.2. The van der Waals surface area contributed by atoms with Gasteiger partial charge in [0.15, 0.2) is 0 Å². The van der Waals surface area contributed by atoms with Crippen molar-refractivity contribution in [3.63, 3.8) is 0 Å². The van der Waals surface area contributed by atoms with E-state index < -0.39 is 11.0 Å². The van der Waals surface area contributed by atoms with Gasteiger partial charge in [-0.3, -0.25) is 0 Å². The minimum Gasteiger partial charge on any atom is -0.234 e. The van der Waals surface area contributed by atoms with E-state index in [1.807, 2.05) is 32.9 Å². The molecule has 1 rings (SSSR count). The third-order valence-corrected chi connectivity index (χ3v) is 4.32. The van der Waals surface area contributed by atoms with Crippen molar-refractivity contribution in [2.75, 3.05) is 0 Å². The molecule has 0 unspecified atom stereocenters. The van der Waals surface area contributed by atoms with Gasteiger partial charge in [-0.25, -0.2) is 4.21 Å². The van der Waals surface area contributed by atoms with Crippen LogP contribution in [0.15, 0.2) is 27.1 Å². The summed E-state index contributed by atoms with van der Waals surface area (Å²) in [6.07, 6.45) is 1.60. The smallest absolute Gasteiger partial charge is 0.144 e. The predicted octanol–water partition coefficient (Wildman–Crippen LogP) is 3.98. The number of halogens is 2. The van der Waals surface area contributed by atoms with Crippen LogP contribution in [-0.2, 0) is 11.0 Å². The normalized spacial score (nSPS) is 14.3. The van der Waals surface area contributed by atoms with Gasteiger partial charge in [-0.15, -0.1) is 0 Å². The molecule has 1 atom stereocenters. The molecular formula is C11H13BrClNOS. The highest BCUT2D eigenvalue weighted by atomic mass is 79.9. The molecule has 5 heteroatoms. The molecule has 0 aliphatic heterocycles. The Kier molecular flexibility index (Phi) is 4.71. The molecule has 0 spiro atoms. The summed E-state index contributed by atoms with van der Waals surface area (Å²) < 4.78 is 16.2. The van der Waals surface area contributed by atoms with Gasteiger partial charge in [0.25, 0.3) is 0 Å².